The molecule has 27 heavy (non-hydrogen) atoms. The molecule has 8 nitrogen and oxygen atoms in total. The standard InChI is InChI=1S/C19H30N6O2/c1-18(2,3)17-22-21-15-4-5-16(23-25(15)17)24-11-14(12-24)10-20-13-19(26)6-8-27-9-7-19/h4-5,14,20,26H,6-13H2,1-3H3. The summed E-state index contributed by atoms with van der Waals surface area (Å²) < 4.78 is 7.19. The van der Waals surface area contributed by atoms with Crippen LogP contribution in [0.1, 0.15) is 39.4 Å². The van der Waals surface area contributed by atoms with Crippen LogP contribution in [0.4, 0.5) is 5.82 Å². The Kier molecular flexibility index (Phi) is 4.82. The average Bonchev–Trinajstić information content (AvgIpc) is 3.01. The second-order valence-electron chi connectivity index (χ2n) is 8.97. The number of nitrogens with zero attached hydrogens (tertiary/aromatic N) is 5. The summed E-state index contributed by atoms with van der Waals surface area (Å²) in [7, 11) is 0. The third-order valence-corrected chi connectivity index (χ3v) is 5.51. The lowest BCUT2D eigenvalue weighted by Gasteiger charge is -2.41. The number of anilines is 1. The maximum absolute atomic E-state index is 10.5. The van der Waals surface area contributed by atoms with Gasteiger partial charge in [-0.1, -0.05) is 20.8 Å². The van der Waals surface area contributed by atoms with Crippen molar-refractivity contribution in [2.24, 2.45) is 5.92 Å². The van der Waals surface area contributed by atoms with Gasteiger partial charge in [0.05, 0.1) is 5.60 Å². The van der Waals surface area contributed by atoms with E-state index >= 15 is 0 Å². The van der Waals surface area contributed by atoms with Gasteiger partial charge in [-0.05, 0) is 12.1 Å². The molecule has 0 aromatic carbocycles. The van der Waals surface area contributed by atoms with E-state index in [4.69, 9.17) is 9.84 Å². The predicted molar refractivity (Wildman–Crippen MR) is 103 cm³/mol. The van der Waals surface area contributed by atoms with Crippen molar-refractivity contribution in [3.8, 4) is 0 Å². The highest BCUT2D eigenvalue weighted by molar-refractivity contribution is 5.47. The maximum Gasteiger partial charge on any atom is 0.178 e. The smallest absolute Gasteiger partial charge is 0.178 e. The molecule has 2 fully saturated rings. The summed E-state index contributed by atoms with van der Waals surface area (Å²) in [6.45, 7) is 11.2. The van der Waals surface area contributed by atoms with Crippen molar-refractivity contribution in [3.63, 3.8) is 0 Å². The highest BCUT2D eigenvalue weighted by atomic mass is 16.5. The van der Waals surface area contributed by atoms with Crippen LogP contribution < -0.4 is 10.2 Å². The van der Waals surface area contributed by atoms with Gasteiger partial charge in [0.1, 0.15) is 5.82 Å². The minimum absolute atomic E-state index is 0.100. The van der Waals surface area contributed by atoms with Crippen LogP contribution in [0.3, 0.4) is 0 Å². The highest BCUT2D eigenvalue weighted by Gasteiger charge is 2.32. The average molecular weight is 374 g/mol. The van der Waals surface area contributed by atoms with Crippen molar-refractivity contribution in [1.29, 1.82) is 0 Å². The van der Waals surface area contributed by atoms with Crippen LogP contribution in [-0.4, -0.2) is 69.9 Å². The van der Waals surface area contributed by atoms with E-state index in [2.05, 4.69) is 41.2 Å². The van der Waals surface area contributed by atoms with Gasteiger partial charge in [0, 0.05) is 63.6 Å². The summed E-state index contributed by atoms with van der Waals surface area (Å²) in [5, 5.41) is 27.2. The Balaban J connectivity index is 1.31. The molecule has 0 atom stereocenters. The molecule has 0 bridgehead atoms. The number of aromatic nitrogens is 4. The SMILES string of the molecule is CC(C)(C)c1nnc2ccc(N3CC(CNCC4(O)CCOCC4)C3)nn12. The third kappa shape index (κ3) is 3.93. The van der Waals surface area contributed by atoms with E-state index in [1.807, 2.05) is 16.6 Å². The van der Waals surface area contributed by atoms with E-state index in [0.29, 0.717) is 25.7 Å². The predicted octanol–water partition coefficient (Wildman–Crippen LogP) is 0.989. The van der Waals surface area contributed by atoms with Crippen molar-refractivity contribution >= 4 is 11.5 Å². The number of fused-ring (bicyclic) bond motifs is 1. The van der Waals surface area contributed by atoms with Crippen LogP contribution in [0.15, 0.2) is 12.1 Å². The van der Waals surface area contributed by atoms with Crippen molar-refractivity contribution in [2.45, 2.75) is 44.6 Å². The van der Waals surface area contributed by atoms with Gasteiger partial charge in [0.15, 0.2) is 11.5 Å². The Morgan fingerprint density at radius 2 is 1.96 bits per heavy atom. The molecular weight excluding hydrogens is 344 g/mol. The number of hydrogen-bond acceptors (Lipinski definition) is 7. The lowest BCUT2D eigenvalue weighted by atomic mass is 9.93. The summed E-state index contributed by atoms with van der Waals surface area (Å²) >= 11 is 0. The van der Waals surface area contributed by atoms with E-state index in [9.17, 15) is 5.11 Å². The Hall–Kier alpha value is -1.77. The topological polar surface area (TPSA) is 87.8 Å². The number of aliphatic hydroxyl groups is 1. The molecule has 2 saturated heterocycles. The Bertz CT molecular complexity index is 787. The van der Waals surface area contributed by atoms with Crippen LogP contribution in [0, 0.1) is 5.92 Å². The normalized spacial score (nSPS) is 20.8. The van der Waals surface area contributed by atoms with Crippen molar-refractivity contribution in [2.75, 3.05) is 44.3 Å². The van der Waals surface area contributed by atoms with Crippen LogP contribution in [0.5, 0.6) is 0 Å². The van der Waals surface area contributed by atoms with Crippen molar-refractivity contribution in [1.82, 2.24) is 25.1 Å². The van der Waals surface area contributed by atoms with Crippen LogP contribution in [0.25, 0.3) is 5.65 Å². The molecule has 2 N–H and O–H groups in total. The summed E-state index contributed by atoms with van der Waals surface area (Å²) in [6, 6.07) is 4.00. The molecule has 0 saturated carbocycles. The molecule has 2 aromatic rings. The Labute approximate surface area is 159 Å². The molecule has 4 heterocycles. The summed E-state index contributed by atoms with van der Waals surface area (Å²) in [6.07, 6.45) is 1.44. The van der Waals surface area contributed by atoms with Crippen molar-refractivity contribution in [3.05, 3.63) is 18.0 Å². The third-order valence-electron chi connectivity index (χ3n) is 5.51. The van der Waals surface area contributed by atoms with Crippen LogP contribution in [-0.2, 0) is 10.2 Å². The molecule has 148 valence electrons. The minimum atomic E-state index is -0.605. The fourth-order valence-corrected chi connectivity index (χ4v) is 3.74. The minimum Gasteiger partial charge on any atom is -0.388 e. The molecule has 4 rings (SSSR count). The highest BCUT2D eigenvalue weighted by Crippen LogP contribution is 2.25. The zero-order valence-electron chi connectivity index (χ0n) is 16.5. The van der Waals surface area contributed by atoms with Gasteiger partial charge < -0.3 is 20.1 Å². The summed E-state index contributed by atoms with van der Waals surface area (Å²) in [5.74, 6) is 2.42. The van der Waals surface area contributed by atoms with Gasteiger partial charge in [-0.3, -0.25) is 0 Å². The molecule has 0 amide bonds. The first kappa shape index (κ1) is 18.6. The molecule has 2 aliphatic heterocycles. The Morgan fingerprint density at radius 3 is 2.67 bits per heavy atom. The largest absolute Gasteiger partial charge is 0.388 e. The van der Waals surface area contributed by atoms with Gasteiger partial charge in [-0.25, -0.2) is 0 Å². The summed E-state index contributed by atoms with van der Waals surface area (Å²) in [5.41, 5.74) is 0.0789. The quantitative estimate of drug-likeness (QED) is 0.807. The molecule has 8 heteroatoms. The second kappa shape index (κ2) is 7.00. The van der Waals surface area contributed by atoms with E-state index in [0.717, 1.165) is 49.8 Å². The van der Waals surface area contributed by atoms with Crippen molar-refractivity contribution < 1.29 is 9.84 Å². The number of rotatable bonds is 5. The van der Waals surface area contributed by atoms with Crippen LogP contribution >= 0.6 is 0 Å². The molecule has 0 unspecified atom stereocenters. The van der Waals surface area contributed by atoms with E-state index in [1.165, 1.54) is 0 Å². The molecule has 2 aliphatic rings. The van der Waals surface area contributed by atoms with Gasteiger partial charge in [0.2, 0.25) is 0 Å². The number of ether oxygens (including phenoxy) is 1. The van der Waals surface area contributed by atoms with E-state index in [-0.39, 0.29) is 5.41 Å². The van der Waals surface area contributed by atoms with Gasteiger partial charge in [-0.2, -0.15) is 4.52 Å². The monoisotopic (exact) mass is 374 g/mol. The lowest BCUT2D eigenvalue weighted by molar-refractivity contribution is -0.0619. The molecule has 0 aliphatic carbocycles. The number of hydrogen-bond donors (Lipinski definition) is 2. The second-order valence-corrected chi connectivity index (χ2v) is 8.97. The van der Waals surface area contributed by atoms with Gasteiger partial charge in [0.25, 0.3) is 0 Å². The zero-order chi connectivity index (χ0) is 19.1. The van der Waals surface area contributed by atoms with Gasteiger partial charge >= 0.3 is 0 Å². The fourth-order valence-electron chi connectivity index (χ4n) is 3.74. The molecular formula is C19H30N6O2. The Morgan fingerprint density at radius 1 is 1.22 bits per heavy atom. The fraction of sp³-hybridized carbons (Fsp3) is 0.737. The molecule has 2 aromatic heterocycles. The lowest BCUT2D eigenvalue weighted by Crippen LogP contribution is -2.53. The first-order valence-electron chi connectivity index (χ1n) is 9.83. The zero-order valence-corrected chi connectivity index (χ0v) is 16.5. The number of nitrogens with one attached hydrogen (secondary N) is 1. The van der Waals surface area contributed by atoms with Gasteiger partial charge in [-0.15, -0.1) is 15.3 Å². The maximum atomic E-state index is 10.5. The first-order valence-corrected chi connectivity index (χ1v) is 9.83. The molecule has 0 radical (unpaired) electrons. The first-order chi connectivity index (χ1) is 12.8. The summed E-state index contributed by atoms with van der Waals surface area (Å²) in [4.78, 5) is 2.28. The van der Waals surface area contributed by atoms with E-state index < -0.39 is 5.60 Å². The van der Waals surface area contributed by atoms with E-state index in [1.54, 1.807) is 0 Å². The molecule has 0 spiro atoms. The van der Waals surface area contributed by atoms with Crippen LogP contribution in [0.2, 0.25) is 0 Å².